The minimum atomic E-state index is -0.837. The number of benzene rings is 1. The molecule has 0 fully saturated rings. The normalized spacial score (nSPS) is 10.3. The number of carbonyl (C=O) groups excluding carboxylic acids is 5. The Balaban J connectivity index is 2.15. The third-order valence-electron chi connectivity index (χ3n) is 4.44. The monoisotopic (exact) mass is 489 g/mol. The van der Waals surface area contributed by atoms with Gasteiger partial charge in [-0.3, -0.25) is 14.4 Å². The first-order valence-electron chi connectivity index (χ1n) is 10.5. The Kier molecular flexibility index (Phi) is 9.31. The van der Waals surface area contributed by atoms with Gasteiger partial charge in [0, 0.05) is 30.1 Å². The van der Waals surface area contributed by atoms with Crippen molar-refractivity contribution in [3.8, 4) is 0 Å². The van der Waals surface area contributed by atoms with Gasteiger partial charge in [0.25, 0.3) is 5.91 Å². The molecule has 2 rings (SSSR count). The maximum absolute atomic E-state index is 12.5. The average molecular weight is 490 g/mol. The Labute approximate surface area is 201 Å². The lowest BCUT2D eigenvalue weighted by atomic mass is 10.1. The predicted molar refractivity (Wildman–Crippen MR) is 128 cm³/mol. The van der Waals surface area contributed by atoms with Crippen molar-refractivity contribution in [1.29, 1.82) is 0 Å². The molecule has 0 saturated carbocycles. The molecule has 11 heteroatoms. The molecule has 0 spiro atoms. The standard InChI is InChI=1S/C23H27N3O7S/c1-6-18-12(3)20(23(31)32-7-2)21(34-18)26-19(29)11-33-22(30)15-8-16(24-13(4)27)10-17(9-15)25-14(5)28/h8-10H,6-7,11H2,1-5H3,(H,24,27)(H,25,28)(H,26,29). The van der Waals surface area contributed by atoms with Crippen LogP contribution in [0.1, 0.15) is 58.9 Å². The number of amides is 3. The molecule has 1 aromatic heterocycles. The first-order chi connectivity index (χ1) is 16.0. The fraction of sp³-hybridized carbons (Fsp3) is 0.348. The Morgan fingerprint density at radius 1 is 0.853 bits per heavy atom. The highest BCUT2D eigenvalue weighted by Gasteiger charge is 2.23. The molecular formula is C23H27N3O7S. The number of aryl methyl sites for hydroxylation is 1. The van der Waals surface area contributed by atoms with E-state index >= 15 is 0 Å². The predicted octanol–water partition coefficient (Wildman–Crippen LogP) is 3.51. The molecule has 0 radical (unpaired) electrons. The number of ether oxygens (including phenoxy) is 2. The molecule has 1 heterocycles. The van der Waals surface area contributed by atoms with Crippen LogP contribution in [0.2, 0.25) is 0 Å². The van der Waals surface area contributed by atoms with E-state index in [0.29, 0.717) is 11.4 Å². The smallest absolute Gasteiger partial charge is 0.341 e. The van der Waals surface area contributed by atoms with Crippen LogP contribution in [0.4, 0.5) is 16.4 Å². The molecule has 3 N–H and O–H groups in total. The molecule has 0 bridgehead atoms. The Morgan fingerprint density at radius 3 is 1.94 bits per heavy atom. The van der Waals surface area contributed by atoms with Gasteiger partial charge in [0.05, 0.1) is 17.7 Å². The van der Waals surface area contributed by atoms with Gasteiger partial charge in [-0.2, -0.15) is 0 Å². The zero-order chi connectivity index (χ0) is 25.4. The quantitative estimate of drug-likeness (QED) is 0.458. The van der Waals surface area contributed by atoms with Crippen LogP contribution in [-0.2, 0) is 30.3 Å². The van der Waals surface area contributed by atoms with Gasteiger partial charge in [-0.05, 0) is 44.0 Å². The van der Waals surface area contributed by atoms with Crippen LogP contribution in [0.3, 0.4) is 0 Å². The lowest BCUT2D eigenvalue weighted by molar-refractivity contribution is -0.119. The second-order valence-corrected chi connectivity index (χ2v) is 8.32. The van der Waals surface area contributed by atoms with Gasteiger partial charge in [0.2, 0.25) is 11.8 Å². The van der Waals surface area contributed by atoms with Crippen molar-refractivity contribution >= 4 is 57.4 Å². The summed E-state index contributed by atoms with van der Waals surface area (Å²) in [5.74, 6) is -2.75. The molecule has 182 valence electrons. The van der Waals surface area contributed by atoms with Crippen LogP contribution in [-0.4, -0.2) is 42.9 Å². The minimum absolute atomic E-state index is 0.0234. The van der Waals surface area contributed by atoms with E-state index in [9.17, 15) is 24.0 Å². The summed E-state index contributed by atoms with van der Waals surface area (Å²) in [6.07, 6.45) is 0.676. The molecule has 0 saturated heterocycles. The van der Waals surface area contributed by atoms with Gasteiger partial charge < -0.3 is 25.4 Å². The van der Waals surface area contributed by atoms with Crippen LogP contribution in [0.15, 0.2) is 18.2 Å². The largest absolute Gasteiger partial charge is 0.462 e. The second kappa shape index (κ2) is 11.9. The third kappa shape index (κ3) is 7.14. The topological polar surface area (TPSA) is 140 Å². The maximum atomic E-state index is 12.5. The average Bonchev–Trinajstić information content (AvgIpc) is 3.05. The third-order valence-corrected chi connectivity index (χ3v) is 5.79. The highest BCUT2D eigenvalue weighted by molar-refractivity contribution is 7.17. The summed E-state index contributed by atoms with van der Waals surface area (Å²) >= 11 is 1.26. The number of nitrogens with one attached hydrogen (secondary N) is 3. The number of thiophene rings is 1. The first-order valence-corrected chi connectivity index (χ1v) is 11.3. The van der Waals surface area contributed by atoms with Gasteiger partial charge in [-0.15, -0.1) is 11.3 Å². The number of carbonyl (C=O) groups is 5. The highest BCUT2D eigenvalue weighted by Crippen LogP contribution is 2.34. The van der Waals surface area contributed by atoms with E-state index in [-0.39, 0.29) is 40.9 Å². The number of rotatable bonds is 9. The molecule has 0 aliphatic rings. The summed E-state index contributed by atoms with van der Waals surface area (Å²) in [4.78, 5) is 61.1. The lowest BCUT2D eigenvalue weighted by Gasteiger charge is -2.11. The summed E-state index contributed by atoms with van der Waals surface area (Å²) < 4.78 is 10.2. The summed E-state index contributed by atoms with van der Waals surface area (Å²) in [7, 11) is 0. The molecule has 0 atom stereocenters. The van der Waals surface area contributed by atoms with Gasteiger partial charge in [-0.1, -0.05) is 6.92 Å². The molecule has 0 unspecified atom stereocenters. The summed E-state index contributed by atoms with van der Waals surface area (Å²) in [6, 6.07) is 4.21. The van der Waals surface area contributed by atoms with Crippen LogP contribution in [0.25, 0.3) is 0 Å². The minimum Gasteiger partial charge on any atom is -0.462 e. The molecule has 1 aromatic carbocycles. The van der Waals surface area contributed by atoms with Crippen LogP contribution < -0.4 is 16.0 Å². The van der Waals surface area contributed by atoms with Crippen molar-refractivity contribution in [2.24, 2.45) is 0 Å². The van der Waals surface area contributed by atoms with Crippen molar-refractivity contribution in [2.75, 3.05) is 29.2 Å². The number of hydrogen-bond acceptors (Lipinski definition) is 8. The molecule has 0 aliphatic carbocycles. The molecule has 0 aliphatic heterocycles. The summed E-state index contributed by atoms with van der Waals surface area (Å²) in [5.41, 5.74) is 1.59. The van der Waals surface area contributed by atoms with Crippen LogP contribution >= 0.6 is 11.3 Å². The zero-order valence-electron chi connectivity index (χ0n) is 19.6. The second-order valence-electron chi connectivity index (χ2n) is 7.21. The van der Waals surface area contributed by atoms with E-state index in [0.717, 1.165) is 10.4 Å². The zero-order valence-corrected chi connectivity index (χ0v) is 20.4. The fourth-order valence-corrected chi connectivity index (χ4v) is 4.26. The maximum Gasteiger partial charge on any atom is 0.341 e. The van der Waals surface area contributed by atoms with Gasteiger partial charge in [0.15, 0.2) is 6.61 Å². The van der Waals surface area contributed by atoms with Crippen molar-refractivity contribution in [2.45, 2.75) is 41.0 Å². The van der Waals surface area contributed by atoms with E-state index in [1.165, 1.54) is 43.4 Å². The molecular weight excluding hydrogens is 462 g/mol. The van der Waals surface area contributed by atoms with E-state index < -0.39 is 24.5 Å². The highest BCUT2D eigenvalue weighted by atomic mass is 32.1. The summed E-state index contributed by atoms with van der Waals surface area (Å²) in [6.45, 7) is 7.59. The fourth-order valence-electron chi connectivity index (χ4n) is 3.11. The Morgan fingerprint density at radius 2 is 1.44 bits per heavy atom. The number of hydrogen-bond donors (Lipinski definition) is 3. The van der Waals surface area contributed by atoms with Crippen LogP contribution in [0, 0.1) is 6.92 Å². The molecule has 2 aromatic rings. The van der Waals surface area contributed by atoms with Crippen molar-refractivity contribution in [1.82, 2.24) is 0 Å². The van der Waals surface area contributed by atoms with Crippen molar-refractivity contribution < 1.29 is 33.4 Å². The Hall–Kier alpha value is -3.73. The van der Waals surface area contributed by atoms with Crippen LogP contribution in [0.5, 0.6) is 0 Å². The number of esters is 2. The number of anilines is 3. The molecule has 3 amide bonds. The summed E-state index contributed by atoms with van der Waals surface area (Å²) in [5, 5.41) is 8.01. The van der Waals surface area contributed by atoms with E-state index in [4.69, 9.17) is 9.47 Å². The van der Waals surface area contributed by atoms with Crippen molar-refractivity contribution in [3.05, 3.63) is 39.8 Å². The van der Waals surface area contributed by atoms with Crippen molar-refractivity contribution in [3.63, 3.8) is 0 Å². The van der Waals surface area contributed by atoms with Gasteiger partial charge >= 0.3 is 11.9 Å². The molecule has 34 heavy (non-hydrogen) atoms. The van der Waals surface area contributed by atoms with E-state index in [1.807, 2.05) is 6.92 Å². The first kappa shape index (κ1) is 26.5. The van der Waals surface area contributed by atoms with E-state index in [1.54, 1.807) is 13.8 Å². The lowest BCUT2D eigenvalue weighted by Crippen LogP contribution is -2.22. The van der Waals surface area contributed by atoms with Gasteiger partial charge in [-0.25, -0.2) is 9.59 Å². The molecule has 10 nitrogen and oxygen atoms in total. The van der Waals surface area contributed by atoms with E-state index in [2.05, 4.69) is 16.0 Å². The Bertz CT molecular complexity index is 1090. The van der Waals surface area contributed by atoms with Gasteiger partial charge in [0.1, 0.15) is 5.00 Å². The SMILES string of the molecule is CCOC(=O)c1c(NC(=O)COC(=O)c2cc(NC(C)=O)cc(NC(C)=O)c2)sc(CC)c1C.